The second kappa shape index (κ2) is 6.84. The molecule has 1 aliphatic rings. The highest BCUT2D eigenvalue weighted by atomic mass is 19.1. The fraction of sp³-hybridized carbons (Fsp3) is 0.227. The molecule has 1 fully saturated rings. The first-order valence-corrected chi connectivity index (χ1v) is 9.52. The zero-order valence-corrected chi connectivity index (χ0v) is 15.9. The summed E-state index contributed by atoms with van der Waals surface area (Å²) in [4.78, 5) is 21.9. The van der Waals surface area contributed by atoms with E-state index in [0.29, 0.717) is 42.4 Å². The fourth-order valence-corrected chi connectivity index (χ4v) is 3.87. The number of aromatic amines is 1. The van der Waals surface area contributed by atoms with Crippen LogP contribution in [0.25, 0.3) is 10.9 Å². The third kappa shape index (κ3) is 3.18. The molecule has 2 aromatic heterocycles. The zero-order valence-electron chi connectivity index (χ0n) is 15.9. The van der Waals surface area contributed by atoms with Crippen LogP contribution in [0, 0.1) is 12.7 Å². The molecule has 0 radical (unpaired) electrons. The van der Waals surface area contributed by atoms with E-state index in [1.807, 2.05) is 24.4 Å². The lowest BCUT2D eigenvalue weighted by molar-refractivity contribution is -0.117. The fourth-order valence-electron chi connectivity index (χ4n) is 3.87. The van der Waals surface area contributed by atoms with E-state index >= 15 is 0 Å². The molecule has 5 rings (SSSR count). The van der Waals surface area contributed by atoms with Gasteiger partial charge in [-0.25, -0.2) is 4.39 Å². The number of H-pyrrole nitrogens is 1. The van der Waals surface area contributed by atoms with E-state index in [9.17, 15) is 9.18 Å². The Morgan fingerprint density at radius 1 is 1.28 bits per heavy atom. The highest BCUT2D eigenvalue weighted by molar-refractivity contribution is 5.96. The van der Waals surface area contributed by atoms with Crippen LogP contribution in [0.4, 0.5) is 10.1 Å². The highest BCUT2D eigenvalue weighted by Gasteiger charge is 2.34. The van der Waals surface area contributed by atoms with Crippen molar-refractivity contribution in [1.29, 1.82) is 0 Å². The molecule has 3 heterocycles. The van der Waals surface area contributed by atoms with Crippen molar-refractivity contribution in [2.45, 2.75) is 25.7 Å². The van der Waals surface area contributed by atoms with Gasteiger partial charge < -0.3 is 14.4 Å². The van der Waals surface area contributed by atoms with Gasteiger partial charge in [-0.15, -0.1) is 0 Å². The van der Waals surface area contributed by atoms with Gasteiger partial charge in [0.05, 0.1) is 6.42 Å². The molecular weight excluding hydrogens is 371 g/mol. The Morgan fingerprint density at radius 2 is 2.14 bits per heavy atom. The van der Waals surface area contributed by atoms with Crippen molar-refractivity contribution in [2.75, 3.05) is 11.4 Å². The van der Waals surface area contributed by atoms with Gasteiger partial charge in [0, 0.05) is 41.7 Å². The molecule has 1 amide bonds. The zero-order chi connectivity index (χ0) is 20.0. The van der Waals surface area contributed by atoms with Crippen molar-refractivity contribution in [3.8, 4) is 0 Å². The minimum Gasteiger partial charge on any atom is -0.361 e. The molecule has 1 unspecified atom stereocenters. The van der Waals surface area contributed by atoms with Gasteiger partial charge in [-0.1, -0.05) is 23.4 Å². The number of nitrogens with zero attached hydrogens (tertiary/aromatic N) is 3. The second-order valence-electron chi connectivity index (χ2n) is 7.42. The van der Waals surface area contributed by atoms with Crippen LogP contribution in [-0.2, 0) is 11.2 Å². The highest BCUT2D eigenvalue weighted by Crippen LogP contribution is 2.31. The van der Waals surface area contributed by atoms with E-state index < -0.39 is 0 Å². The summed E-state index contributed by atoms with van der Waals surface area (Å²) in [6.07, 6.45) is 2.78. The predicted molar refractivity (Wildman–Crippen MR) is 106 cm³/mol. The molecule has 1 atom stereocenters. The quantitative estimate of drug-likeness (QED) is 0.569. The largest absolute Gasteiger partial charge is 0.361 e. The SMILES string of the molecule is Cc1cc(N2CC(c3noc(Cc4c[nH]c5ccccc45)n3)CC2=O)ccc1F. The van der Waals surface area contributed by atoms with Gasteiger partial charge in [-0.05, 0) is 42.3 Å². The van der Waals surface area contributed by atoms with E-state index in [1.165, 1.54) is 6.07 Å². The Bertz CT molecular complexity index is 1210. The first-order valence-electron chi connectivity index (χ1n) is 9.52. The first kappa shape index (κ1) is 17.6. The van der Waals surface area contributed by atoms with Crippen molar-refractivity contribution in [3.63, 3.8) is 0 Å². The minimum atomic E-state index is -0.281. The van der Waals surface area contributed by atoms with Crippen LogP contribution in [0.5, 0.6) is 0 Å². The van der Waals surface area contributed by atoms with Crippen LogP contribution in [0.2, 0.25) is 0 Å². The Labute approximate surface area is 166 Å². The maximum absolute atomic E-state index is 13.5. The Hall–Kier alpha value is -3.48. The van der Waals surface area contributed by atoms with Gasteiger partial charge in [0.15, 0.2) is 5.82 Å². The standard InChI is InChI=1S/C22H19FN4O2/c1-13-8-16(6-7-18(13)23)27-12-15(10-21(27)28)22-25-20(29-26-22)9-14-11-24-19-5-3-2-4-17(14)19/h2-8,11,15,24H,9-10,12H2,1H3. The lowest BCUT2D eigenvalue weighted by Crippen LogP contribution is -2.24. The van der Waals surface area contributed by atoms with Crippen LogP contribution < -0.4 is 4.90 Å². The monoisotopic (exact) mass is 390 g/mol. The smallest absolute Gasteiger partial charge is 0.231 e. The number of carbonyl (C=O) groups is 1. The summed E-state index contributed by atoms with van der Waals surface area (Å²) in [6.45, 7) is 2.14. The molecule has 146 valence electrons. The average Bonchev–Trinajstić information content (AvgIpc) is 3.44. The number of anilines is 1. The van der Waals surface area contributed by atoms with Crippen molar-refractivity contribution < 1.29 is 13.7 Å². The summed E-state index contributed by atoms with van der Waals surface area (Å²) >= 11 is 0. The number of halogens is 1. The average molecular weight is 390 g/mol. The number of fused-ring (bicyclic) bond motifs is 1. The van der Waals surface area contributed by atoms with Crippen molar-refractivity contribution in [3.05, 3.63) is 77.3 Å². The van der Waals surface area contributed by atoms with Gasteiger partial charge in [0.25, 0.3) is 0 Å². The molecule has 7 heteroatoms. The van der Waals surface area contributed by atoms with Crippen molar-refractivity contribution in [2.24, 2.45) is 0 Å². The number of nitrogens with one attached hydrogen (secondary N) is 1. The topological polar surface area (TPSA) is 75.0 Å². The summed E-state index contributed by atoms with van der Waals surface area (Å²) in [5.41, 5.74) is 3.36. The number of benzene rings is 2. The van der Waals surface area contributed by atoms with Crippen LogP contribution >= 0.6 is 0 Å². The number of hydrogen-bond donors (Lipinski definition) is 1. The van der Waals surface area contributed by atoms with E-state index in [0.717, 1.165) is 16.5 Å². The van der Waals surface area contributed by atoms with E-state index in [4.69, 9.17) is 4.52 Å². The molecule has 4 aromatic rings. The molecule has 2 aromatic carbocycles. The van der Waals surface area contributed by atoms with Gasteiger partial charge in [0.2, 0.25) is 11.8 Å². The Morgan fingerprint density at radius 3 is 3.00 bits per heavy atom. The van der Waals surface area contributed by atoms with Gasteiger partial charge in [0.1, 0.15) is 5.82 Å². The molecule has 0 saturated carbocycles. The number of hydrogen-bond acceptors (Lipinski definition) is 4. The van der Waals surface area contributed by atoms with Gasteiger partial charge in [-0.2, -0.15) is 4.98 Å². The summed E-state index contributed by atoms with van der Waals surface area (Å²) in [5, 5.41) is 5.24. The van der Waals surface area contributed by atoms with E-state index in [-0.39, 0.29) is 17.6 Å². The summed E-state index contributed by atoms with van der Waals surface area (Å²) in [7, 11) is 0. The number of carbonyl (C=O) groups excluding carboxylic acids is 1. The number of amides is 1. The summed E-state index contributed by atoms with van der Waals surface area (Å²) in [5.74, 6) is 0.608. The molecule has 1 saturated heterocycles. The maximum Gasteiger partial charge on any atom is 0.231 e. The Kier molecular flexibility index (Phi) is 4.16. The third-order valence-corrected chi connectivity index (χ3v) is 5.44. The lowest BCUT2D eigenvalue weighted by Gasteiger charge is -2.16. The molecule has 0 aliphatic carbocycles. The first-order chi connectivity index (χ1) is 14.1. The lowest BCUT2D eigenvalue weighted by atomic mass is 10.1. The maximum atomic E-state index is 13.5. The van der Waals surface area contributed by atoms with Crippen molar-refractivity contribution >= 4 is 22.5 Å². The number of aromatic nitrogens is 3. The van der Waals surface area contributed by atoms with Crippen molar-refractivity contribution in [1.82, 2.24) is 15.1 Å². The molecule has 1 N–H and O–H groups in total. The Balaban J connectivity index is 1.34. The van der Waals surface area contributed by atoms with Crippen LogP contribution in [0.1, 0.15) is 35.2 Å². The van der Waals surface area contributed by atoms with Crippen LogP contribution in [0.3, 0.4) is 0 Å². The number of rotatable bonds is 4. The second-order valence-corrected chi connectivity index (χ2v) is 7.42. The van der Waals surface area contributed by atoms with Gasteiger partial charge >= 0.3 is 0 Å². The molecule has 0 spiro atoms. The predicted octanol–water partition coefficient (Wildman–Crippen LogP) is 4.11. The molecule has 29 heavy (non-hydrogen) atoms. The van der Waals surface area contributed by atoms with Crippen LogP contribution in [-0.4, -0.2) is 27.6 Å². The summed E-state index contributed by atoms with van der Waals surface area (Å²) in [6, 6.07) is 12.8. The molecular formula is C22H19FN4O2. The normalized spacial score (nSPS) is 16.8. The third-order valence-electron chi connectivity index (χ3n) is 5.44. The van der Waals surface area contributed by atoms with Crippen LogP contribution in [0.15, 0.2) is 53.2 Å². The van der Waals surface area contributed by atoms with Gasteiger partial charge in [-0.3, -0.25) is 4.79 Å². The summed E-state index contributed by atoms with van der Waals surface area (Å²) < 4.78 is 19.0. The molecule has 1 aliphatic heterocycles. The van der Waals surface area contributed by atoms with E-state index in [1.54, 1.807) is 24.0 Å². The van der Waals surface area contributed by atoms with E-state index in [2.05, 4.69) is 21.2 Å². The molecule has 6 nitrogen and oxygen atoms in total. The minimum absolute atomic E-state index is 0.0241. The molecule has 0 bridgehead atoms. The number of para-hydroxylation sites is 1. The number of aryl methyl sites for hydroxylation is 1.